The predicted octanol–water partition coefficient (Wildman–Crippen LogP) is 4.81. The van der Waals surface area contributed by atoms with Crippen LogP contribution in [-0.4, -0.2) is 30.7 Å². The van der Waals surface area contributed by atoms with Gasteiger partial charge < -0.3 is 10.1 Å². The van der Waals surface area contributed by atoms with Crippen molar-refractivity contribution in [2.24, 2.45) is 0 Å². The molecule has 28 heavy (non-hydrogen) atoms. The van der Waals surface area contributed by atoms with Gasteiger partial charge in [0, 0.05) is 22.5 Å². The number of benzene rings is 2. The number of H-pyrrole nitrogens is 1. The van der Waals surface area contributed by atoms with Crippen LogP contribution in [-0.2, 0) is 22.0 Å². The molecule has 0 saturated carbocycles. The van der Waals surface area contributed by atoms with E-state index in [1.165, 1.54) is 0 Å². The third kappa shape index (κ3) is 4.13. The van der Waals surface area contributed by atoms with Crippen molar-refractivity contribution in [3.8, 4) is 22.4 Å². The molecule has 0 spiro atoms. The quantitative estimate of drug-likeness (QED) is 0.602. The molecular formula is C21H20ClNO4S. The molecule has 0 unspecified atom stereocenters. The van der Waals surface area contributed by atoms with Gasteiger partial charge in [0.1, 0.15) is 5.69 Å². The Labute approximate surface area is 168 Å². The summed E-state index contributed by atoms with van der Waals surface area (Å²) in [4.78, 5) is 15.0. The smallest absolute Gasteiger partial charge is 0.352 e. The van der Waals surface area contributed by atoms with Crippen LogP contribution in [0.2, 0.25) is 5.02 Å². The fourth-order valence-corrected chi connectivity index (χ4v) is 4.47. The largest absolute Gasteiger partial charge is 0.477 e. The van der Waals surface area contributed by atoms with Crippen LogP contribution in [0.4, 0.5) is 0 Å². The van der Waals surface area contributed by atoms with Crippen LogP contribution >= 0.6 is 11.6 Å². The maximum Gasteiger partial charge on any atom is 0.352 e. The van der Waals surface area contributed by atoms with E-state index in [1.54, 1.807) is 18.2 Å². The van der Waals surface area contributed by atoms with Gasteiger partial charge in [0.25, 0.3) is 0 Å². The number of aromatic amines is 1. The van der Waals surface area contributed by atoms with E-state index in [1.807, 2.05) is 37.3 Å². The summed E-state index contributed by atoms with van der Waals surface area (Å²) in [6, 6.07) is 14.5. The number of hydrogen-bond donors (Lipinski definition) is 2. The molecule has 7 heteroatoms. The number of nitrogens with one attached hydrogen (secondary N) is 1. The fourth-order valence-electron chi connectivity index (χ4n) is 3.32. The van der Waals surface area contributed by atoms with E-state index in [2.05, 4.69) is 4.98 Å². The number of carbonyl (C=O) groups is 1. The number of carboxylic acids is 1. The van der Waals surface area contributed by atoms with E-state index < -0.39 is 15.8 Å². The van der Waals surface area contributed by atoms with E-state index in [0.29, 0.717) is 28.1 Å². The van der Waals surface area contributed by atoms with Gasteiger partial charge in [-0.25, -0.2) is 13.2 Å². The van der Waals surface area contributed by atoms with Crippen LogP contribution < -0.4 is 0 Å². The zero-order valence-corrected chi connectivity index (χ0v) is 17.1. The SMILES string of the molecule is CCc1c(-c2ccccc2)[nH]c(C(=O)O)c1-c1ccc(CS(C)(=O)=O)c(Cl)c1. The average Bonchev–Trinajstić information content (AvgIpc) is 3.03. The minimum Gasteiger partial charge on any atom is -0.477 e. The maximum absolute atomic E-state index is 11.9. The molecule has 5 nitrogen and oxygen atoms in total. The molecule has 0 aliphatic rings. The number of hydrogen-bond acceptors (Lipinski definition) is 3. The Balaban J connectivity index is 2.20. The average molecular weight is 418 g/mol. The summed E-state index contributed by atoms with van der Waals surface area (Å²) in [5.74, 6) is -1.23. The second-order valence-electron chi connectivity index (χ2n) is 6.63. The summed E-state index contributed by atoms with van der Waals surface area (Å²) in [5.41, 5.74) is 4.30. The molecule has 146 valence electrons. The first-order valence-electron chi connectivity index (χ1n) is 8.71. The van der Waals surface area contributed by atoms with E-state index in [9.17, 15) is 18.3 Å². The van der Waals surface area contributed by atoms with Gasteiger partial charge in [-0.15, -0.1) is 0 Å². The highest BCUT2D eigenvalue weighted by atomic mass is 35.5. The Kier molecular flexibility index (Phi) is 5.63. The number of aromatic carboxylic acids is 1. The van der Waals surface area contributed by atoms with Gasteiger partial charge in [-0.3, -0.25) is 0 Å². The summed E-state index contributed by atoms with van der Waals surface area (Å²) in [5, 5.41) is 10.0. The number of halogens is 1. The minimum atomic E-state index is -3.23. The van der Waals surface area contributed by atoms with Crippen LogP contribution in [0.25, 0.3) is 22.4 Å². The Morgan fingerprint density at radius 3 is 2.32 bits per heavy atom. The van der Waals surface area contributed by atoms with E-state index in [4.69, 9.17) is 11.6 Å². The van der Waals surface area contributed by atoms with Crippen LogP contribution in [0, 0.1) is 0 Å². The first-order valence-corrected chi connectivity index (χ1v) is 11.1. The van der Waals surface area contributed by atoms with E-state index in [0.717, 1.165) is 23.1 Å². The standard InChI is InChI=1S/C21H20ClNO4S/c1-3-16-18(14-9-10-15(17(22)11-14)12-28(2,26)27)20(21(24)25)23-19(16)13-7-5-4-6-8-13/h4-11,23H,3,12H2,1-2H3,(H,24,25). The number of carboxylic acid groups (broad SMARTS) is 1. The van der Waals surface area contributed by atoms with Crippen molar-refractivity contribution < 1.29 is 18.3 Å². The van der Waals surface area contributed by atoms with E-state index >= 15 is 0 Å². The van der Waals surface area contributed by atoms with Gasteiger partial charge in [-0.2, -0.15) is 0 Å². The summed E-state index contributed by atoms with van der Waals surface area (Å²) >= 11 is 6.31. The van der Waals surface area contributed by atoms with Crippen molar-refractivity contribution in [3.05, 3.63) is 70.4 Å². The molecule has 0 aliphatic carbocycles. The summed E-state index contributed by atoms with van der Waals surface area (Å²) in [6.07, 6.45) is 1.76. The third-order valence-electron chi connectivity index (χ3n) is 4.49. The first kappa shape index (κ1) is 20.2. The molecule has 3 rings (SSSR count). The molecule has 0 radical (unpaired) electrons. The Morgan fingerprint density at radius 1 is 1.11 bits per heavy atom. The van der Waals surface area contributed by atoms with Gasteiger partial charge in [0.05, 0.1) is 5.75 Å². The normalized spacial score (nSPS) is 11.5. The van der Waals surface area contributed by atoms with Gasteiger partial charge in [0.2, 0.25) is 0 Å². The Hall–Kier alpha value is -2.57. The lowest BCUT2D eigenvalue weighted by Gasteiger charge is -2.09. The number of aromatic nitrogens is 1. The Bertz CT molecular complexity index is 1130. The first-order chi connectivity index (χ1) is 13.2. The highest BCUT2D eigenvalue weighted by Gasteiger charge is 2.23. The molecule has 2 N–H and O–H groups in total. The third-order valence-corrected chi connectivity index (χ3v) is 5.68. The van der Waals surface area contributed by atoms with Crippen molar-refractivity contribution in [2.45, 2.75) is 19.1 Å². The lowest BCUT2D eigenvalue weighted by Crippen LogP contribution is -2.02. The summed E-state index contributed by atoms with van der Waals surface area (Å²) in [7, 11) is -3.23. The second-order valence-corrected chi connectivity index (χ2v) is 9.18. The van der Waals surface area contributed by atoms with Gasteiger partial charge in [-0.1, -0.05) is 61.0 Å². The molecule has 3 aromatic rings. The molecule has 0 saturated heterocycles. The van der Waals surface area contributed by atoms with Gasteiger partial charge in [-0.05, 0) is 34.7 Å². The van der Waals surface area contributed by atoms with Gasteiger partial charge >= 0.3 is 5.97 Å². The fraction of sp³-hybridized carbons (Fsp3) is 0.190. The molecule has 2 aromatic carbocycles. The highest BCUT2D eigenvalue weighted by molar-refractivity contribution is 7.89. The Morgan fingerprint density at radius 2 is 1.79 bits per heavy atom. The van der Waals surface area contributed by atoms with Crippen molar-refractivity contribution in [2.75, 3.05) is 6.26 Å². The lowest BCUT2D eigenvalue weighted by molar-refractivity contribution is 0.0692. The predicted molar refractivity (Wildman–Crippen MR) is 112 cm³/mol. The van der Waals surface area contributed by atoms with Crippen molar-refractivity contribution in [3.63, 3.8) is 0 Å². The molecule has 0 bridgehead atoms. The minimum absolute atomic E-state index is 0.0858. The van der Waals surface area contributed by atoms with Crippen molar-refractivity contribution in [1.29, 1.82) is 0 Å². The van der Waals surface area contributed by atoms with Crippen LogP contribution in [0.3, 0.4) is 0 Å². The molecule has 0 fully saturated rings. The van der Waals surface area contributed by atoms with Gasteiger partial charge in [0.15, 0.2) is 9.84 Å². The monoisotopic (exact) mass is 417 g/mol. The molecule has 1 heterocycles. The molecule has 0 atom stereocenters. The zero-order chi connectivity index (χ0) is 20.5. The van der Waals surface area contributed by atoms with Crippen molar-refractivity contribution >= 4 is 27.4 Å². The van der Waals surface area contributed by atoms with Crippen LogP contribution in [0.1, 0.15) is 28.5 Å². The molecule has 0 aliphatic heterocycles. The summed E-state index contributed by atoms with van der Waals surface area (Å²) < 4.78 is 23.1. The maximum atomic E-state index is 11.9. The van der Waals surface area contributed by atoms with Crippen LogP contribution in [0.15, 0.2) is 48.5 Å². The topological polar surface area (TPSA) is 87.2 Å². The molecular weight excluding hydrogens is 398 g/mol. The van der Waals surface area contributed by atoms with Crippen molar-refractivity contribution in [1.82, 2.24) is 4.98 Å². The second kappa shape index (κ2) is 7.81. The number of sulfone groups is 1. The number of rotatable bonds is 6. The highest BCUT2D eigenvalue weighted by Crippen LogP contribution is 2.37. The summed E-state index contributed by atoms with van der Waals surface area (Å²) in [6.45, 7) is 1.96. The zero-order valence-electron chi connectivity index (χ0n) is 15.5. The lowest BCUT2D eigenvalue weighted by atomic mass is 9.95. The van der Waals surface area contributed by atoms with Crippen LogP contribution in [0.5, 0.6) is 0 Å². The van der Waals surface area contributed by atoms with E-state index in [-0.39, 0.29) is 11.4 Å². The molecule has 0 amide bonds. The molecule has 1 aromatic heterocycles.